The fourth-order valence-corrected chi connectivity index (χ4v) is 4.28. The van der Waals surface area contributed by atoms with Crippen LogP contribution in [0.25, 0.3) is 10.2 Å². The zero-order valence-electron chi connectivity index (χ0n) is 14.3. The second kappa shape index (κ2) is 7.47. The topological polar surface area (TPSA) is 68.5 Å². The zero-order chi connectivity index (χ0) is 19.6. The number of halogens is 1. The van der Waals surface area contributed by atoms with Crippen molar-refractivity contribution in [2.45, 2.75) is 17.9 Å². The standard InChI is InChI=1S/C19H15FN2O3S2/c1-3-11-22-18-15(20)5-4-6-16(18)26-19(22)21-17(23)12-13-7-9-14(10-8-13)27(2,24)25/h1,4-10H,11-12H2,2H3. The minimum absolute atomic E-state index is 0.00315. The van der Waals surface area contributed by atoms with E-state index in [2.05, 4.69) is 10.9 Å². The highest BCUT2D eigenvalue weighted by Gasteiger charge is 2.12. The predicted molar refractivity (Wildman–Crippen MR) is 102 cm³/mol. The lowest BCUT2D eigenvalue weighted by atomic mass is 10.1. The van der Waals surface area contributed by atoms with Gasteiger partial charge in [-0.1, -0.05) is 35.5 Å². The molecule has 2 aromatic carbocycles. The first-order valence-electron chi connectivity index (χ1n) is 7.87. The Bertz CT molecular complexity index is 1230. The molecule has 3 aromatic rings. The van der Waals surface area contributed by atoms with Gasteiger partial charge in [0.25, 0.3) is 5.91 Å². The van der Waals surface area contributed by atoms with E-state index in [1.54, 1.807) is 24.3 Å². The average molecular weight is 402 g/mol. The molecule has 1 heterocycles. The van der Waals surface area contributed by atoms with Crippen LogP contribution in [0.1, 0.15) is 5.56 Å². The Hall–Kier alpha value is -2.76. The lowest BCUT2D eigenvalue weighted by molar-refractivity contribution is -0.117. The number of aromatic nitrogens is 1. The summed E-state index contributed by atoms with van der Waals surface area (Å²) in [7, 11) is -3.29. The third-order valence-corrected chi connectivity index (χ3v) is 6.00. The monoisotopic (exact) mass is 402 g/mol. The summed E-state index contributed by atoms with van der Waals surface area (Å²) in [6.07, 6.45) is 6.48. The third kappa shape index (κ3) is 4.15. The summed E-state index contributed by atoms with van der Waals surface area (Å²) in [4.78, 5) is 16.9. The maximum atomic E-state index is 14.1. The van der Waals surface area contributed by atoms with Crippen molar-refractivity contribution in [1.82, 2.24) is 4.57 Å². The number of sulfone groups is 1. The zero-order valence-corrected chi connectivity index (χ0v) is 16.0. The SMILES string of the molecule is C#CCn1c(=NC(=O)Cc2ccc(S(C)(=O)=O)cc2)sc2cccc(F)c21. The number of rotatable bonds is 4. The molecule has 0 N–H and O–H groups in total. The van der Waals surface area contributed by atoms with Crippen LogP contribution >= 0.6 is 11.3 Å². The number of terminal acetylenes is 1. The van der Waals surface area contributed by atoms with Crippen molar-refractivity contribution in [1.29, 1.82) is 0 Å². The number of nitrogens with zero attached hydrogens (tertiary/aromatic N) is 2. The van der Waals surface area contributed by atoms with Gasteiger partial charge < -0.3 is 4.57 Å². The van der Waals surface area contributed by atoms with Crippen LogP contribution in [-0.2, 0) is 27.6 Å². The summed E-state index contributed by atoms with van der Waals surface area (Å²) in [6, 6.07) is 10.7. The maximum Gasteiger partial charge on any atom is 0.252 e. The summed E-state index contributed by atoms with van der Waals surface area (Å²) < 4.78 is 39.3. The Kier molecular flexibility index (Phi) is 5.26. The van der Waals surface area contributed by atoms with Gasteiger partial charge in [0.1, 0.15) is 5.82 Å². The van der Waals surface area contributed by atoms with Gasteiger partial charge in [0.05, 0.1) is 28.1 Å². The smallest absolute Gasteiger partial charge is 0.252 e. The molecule has 8 heteroatoms. The van der Waals surface area contributed by atoms with Gasteiger partial charge in [-0.3, -0.25) is 4.79 Å². The van der Waals surface area contributed by atoms with E-state index in [1.165, 1.54) is 34.1 Å². The Morgan fingerprint density at radius 1 is 1.26 bits per heavy atom. The van der Waals surface area contributed by atoms with Gasteiger partial charge in [0.2, 0.25) is 0 Å². The lowest BCUT2D eigenvalue weighted by Gasteiger charge is -2.02. The summed E-state index contributed by atoms with van der Waals surface area (Å²) in [5, 5.41) is 0. The molecular weight excluding hydrogens is 387 g/mol. The Morgan fingerprint density at radius 2 is 1.96 bits per heavy atom. The van der Waals surface area contributed by atoms with Gasteiger partial charge >= 0.3 is 0 Å². The van der Waals surface area contributed by atoms with E-state index in [0.717, 1.165) is 6.26 Å². The van der Waals surface area contributed by atoms with E-state index in [1.807, 2.05) is 0 Å². The van der Waals surface area contributed by atoms with Crippen molar-refractivity contribution in [2.75, 3.05) is 6.26 Å². The van der Waals surface area contributed by atoms with Crippen molar-refractivity contribution in [3.63, 3.8) is 0 Å². The highest BCUT2D eigenvalue weighted by atomic mass is 32.2. The van der Waals surface area contributed by atoms with Crippen LogP contribution in [-0.4, -0.2) is 25.1 Å². The van der Waals surface area contributed by atoms with Crippen LogP contribution in [0.15, 0.2) is 52.4 Å². The molecule has 0 fully saturated rings. The van der Waals surface area contributed by atoms with E-state index < -0.39 is 21.6 Å². The van der Waals surface area contributed by atoms with Crippen LogP contribution in [0.4, 0.5) is 4.39 Å². The molecule has 0 atom stereocenters. The molecule has 0 aliphatic rings. The molecule has 0 spiro atoms. The van der Waals surface area contributed by atoms with Gasteiger partial charge in [-0.2, -0.15) is 4.99 Å². The fourth-order valence-electron chi connectivity index (χ4n) is 2.59. The van der Waals surface area contributed by atoms with Gasteiger partial charge in [0, 0.05) is 6.26 Å². The van der Waals surface area contributed by atoms with Crippen LogP contribution in [0, 0.1) is 18.2 Å². The molecule has 27 heavy (non-hydrogen) atoms. The number of hydrogen-bond acceptors (Lipinski definition) is 4. The first-order valence-corrected chi connectivity index (χ1v) is 10.6. The van der Waals surface area contributed by atoms with Gasteiger partial charge in [-0.15, -0.1) is 6.42 Å². The van der Waals surface area contributed by atoms with E-state index >= 15 is 0 Å². The quantitative estimate of drug-likeness (QED) is 0.630. The number of carbonyl (C=O) groups is 1. The van der Waals surface area contributed by atoms with Crippen molar-refractivity contribution in [3.8, 4) is 12.3 Å². The molecule has 0 aliphatic carbocycles. The minimum atomic E-state index is -3.29. The summed E-state index contributed by atoms with van der Waals surface area (Å²) >= 11 is 1.18. The van der Waals surface area contributed by atoms with Crippen molar-refractivity contribution < 1.29 is 17.6 Å². The second-order valence-corrected chi connectivity index (χ2v) is 8.88. The summed E-state index contributed by atoms with van der Waals surface area (Å²) in [5.41, 5.74) is 0.955. The molecule has 5 nitrogen and oxygen atoms in total. The number of para-hydroxylation sites is 1. The molecule has 3 rings (SSSR count). The minimum Gasteiger partial charge on any atom is -0.302 e. The molecular formula is C19H15FN2O3S2. The molecule has 0 saturated carbocycles. The highest BCUT2D eigenvalue weighted by molar-refractivity contribution is 7.90. The van der Waals surface area contributed by atoms with Crippen molar-refractivity contribution >= 4 is 37.3 Å². The normalized spacial score (nSPS) is 12.3. The highest BCUT2D eigenvalue weighted by Crippen LogP contribution is 2.20. The summed E-state index contributed by atoms with van der Waals surface area (Å²) in [5.74, 6) is 1.59. The Balaban J connectivity index is 1.95. The number of benzene rings is 2. The average Bonchev–Trinajstić information content (AvgIpc) is 2.93. The van der Waals surface area contributed by atoms with Crippen LogP contribution in [0.2, 0.25) is 0 Å². The molecule has 1 amide bonds. The van der Waals surface area contributed by atoms with Crippen LogP contribution < -0.4 is 4.80 Å². The van der Waals surface area contributed by atoms with E-state index in [4.69, 9.17) is 6.42 Å². The Morgan fingerprint density at radius 3 is 2.59 bits per heavy atom. The predicted octanol–water partition coefficient (Wildman–Crippen LogP) is 2.55. The van der Waals surface area contributed by atoms with E-state index in [9.17, 15) is 17.6 Å². The fraction of sp³-hybridized carbons (Fsp3) is 0.158. The Labute approximate surface area is 159 Å². The number of hydrogen-bond donors (Lipinski definition) is 0. The summed E-state index contributed by atoms with van der Waals surface area (Å²) in [6.45, 7) is 0.0934. The molecule has 138 valence electrons. The van der Waals surface area contributed by atoms with E-state index in [0.29, 0.717) is 20.6 Å². The van der Waals surface area contributed by atoms with Gasteiger partial charge in [-0.05, 0) is 29.8 Å². The molecule has 0 bridgehead atoms. The van der Waals surface area contributed by atoms with Crippen molar-refractivity contribution in [2.24, 2.45) is 4.99 Å². The number of carbonyl (C=O) groups excluding carboxylic acids is 1. The molecule has 1 aromatic heterocycles. The molecule has 0 aliphatic heterocycles. The van der Waals surface area contributed by atoms with Crippen molar-refractivity contribution in [3.05, 3.63) is 58.6 Å². The second-order valence-electron chi connectivity index (χ2n) is 5.86. The molecule has 0 radical (unpaired) electrons. The number of fused-ring (bicyclic) bond motifs is 1. The lowest BCUT2D eigenvalue weighted by Crippen LogP contribution is -2.17. The molecule has 0 unspecified atom stereocenters. The van der Waals surface area contributed by atoms with Crippen LogP contribution in [0.5, 0.6) is 0 Å². The third-order valence-electron chi connectivity index (χ3n) is 3.83. The molecule has 0 saturated heterocycles. The number of amides is 1. The van der Waals surface area contributed by atoms with E-state index in [-0.39, 0.29) is 17.9 Å². The largest absolute Gasteiger partial charge is 0.302 e. The van der Waals surface area contributed by atoms with Crippen LogP contribution in [0.3, 0.4) is 0 Å². The first kappa shape index (κ1) is 19.0. The number of thiazole rings is 1. The maximum absolute atomic E-state index is 14.1. The first-order chi connectivity index (χ1) is 12.8. The van der Waals surface area contributed by atoms with Gasteiger partial charge in [0.15, 0.2) is 14.6 Å². The van der Waals surface area contributed by atoms with Gasteiger partial charge in [-0.25, -0.2) is 12.8 Å².